The van der Waals surface area contributed by atoms with E-state index in [1.54, 1.807) is 12.1 Å². The zero-order valence-corrected chi connectivity index (χ0v) is 9.72. The van der Waals surface area contributed by atoms with Gasteiger partial charge < -0.3 is 10.6 Å². The summed E-state index contributed by atoms with van der Waals surface area (Å²) in [5, 5.41) is 11.1. The first-order valence-electron chi connectivity index (χ1n) is 5.81. The normalized spacial score (nSPS) is 30.2. The van der Waals surface area contributed by atoms with Crippen molar-refractivity contribution in [3.63, 3.8) is 0 Å². The fourth-order valence-electron chi connectivity index (χ4n) is 3.32. The van der Waals surface area contributed by atoms with Crippen LogP contribution in [-0.4, -0.2) is 17.0 Å². The van der Waals surface area contributed by atoms with Crippen LogP contribution in [-0.2, 0) is 0 Å². The number of fused-ring (bicyclic) bond motifs is 1. The van der Waals surface area contributed by atoms with E-state index in [1.165, 1.54) is 6.07 Å². The summed E-state index contributed by atoms with van der Waals surface area (Å²) < 4.78 is 0. The standard InChI is InChI=1S/C12H15N3O2/c1-12-5-8(6-12)7-14(12)10-3-2-9(13)4-11(10)15(16)17/h2-4,8H,5-7,13H2,1H3. The predicted molar refractivity (Wildman–Crippen MR) is 66.0 cm³/mol. The van der Waals surface area contributed by atoms with Crippen LogP contribution in [0, 0.1) is 16.0 Å². The molecule has 0 aromatic heterocycles. The molecule has 1 aromatic rings. The number of hydrogen-bond acceptors (Lipinski definition) is 4. The highest BCUT2D eigenvalue weighted by Gasteiger charge is 2.53. The van der Waals surface area contributed by atoms with Gasteiger partial charge in [0.25, 0.3) is 5.69 Å². The van der Waals surface area contributed by atoms with Gasteiger partial charge in [0, 0.05) is 23.8 Å². The SMILES string of the molecule is CC12CC(CN1c1ccc(N)cc1[N+](=O)[O-])C2. The van der Waals surface area contributed by atoms with Crippen molar-refractivity contribution in [2.45, 2.75) is 25.3 Å². The van der Waals surface area contributed by atoms with Crippen LogP contribution >= 0.6 is 0 Å². The van der Waals surface area contributed by atoms with Gasteiger partial charge in [-0.1, -0.05) is 0 Å². The van der Waals surface area contributed by atoms with E-state index < -0.39 is 0 Å². The average molecular weight is 233 g/mol. The molecule has 1 saturated carbocycles. The first-order chi connectivity index (χ1) is 7.99. The Hall–Kier alpha value is -1.78. The quantitative estimate of drug-likeness (QED) is 0.482. The van der Waals surface area contributed by atoms with Gasteiger partial charge in [-0.2, -0.15) is 0 Å². The number of benzene rings is 1. The van der Waals surface area contributed by atoms with Crippen molar-refractivity contribution in [2.75, 3.05) is 17.2 Å². The molecule has 0 amide bonds. The minimum Gasteiger partial charge on any atom is -0.399 e. The molecule has 2 heterocycles. The largest absolute Gasteiger partial charge is 0.399 e. The predicted octanol–water partition coefficient (Wildman–Crippen LogP) is 2.17. The van der Waals surface area contributed by atoms with E-state index in [2.05, 4.69) is 11.8 Å². The fourth-order valence-corrected chi connectivity index (χ4v) is 3.32. The Morgan fingerprint density at radius 2 is 2.24 bits per heavy atom. The number of nitrogen functional groups attached to an aromatic ring is 1. The smallest absolute Gasteiger partial charge is 0.294 e. The van der Waals surface area contributed by atoms with Crippen LogP contribution in [0.25, 0.3) is 0 Å². The second kappa shape index (κ2) is 3.12. The van der Waals surface area contributed by atoms with Crippen molar-refractivity contribution >= 4 is 17.1 Å². The topological polar surface area (TPSA) is 72.4 Å². The highest BCUT2D eigenvalue weighted by Crippen LogP contribution is 2.53. The Morgan fingerprint density at radius 3 is 2.76 bits per heavy atom. The molecule has 2 N–H and O–H groups in total. The highest BCUT2D eigenvalue weighted by atomic mass is 16.6. The summed E-state index contributed by atoms with van der Waals surface area (Å²) in [5.41, 5.74) is 7.02. The number of anilines is 2. The molecule has 90 valence electrons. The Morgan fingerprint density at radius 1 is 1.53 bits per heavy atom. The summed E-state index contributed by atoms with van der Waals surface area (Å²) in [6, 6.07) is 4.97. The maximum Gasteiger partial charge on any atom is 0.294 e. The number of rotatable bonds is 2. The van der Waals surface area contributed by atoms with Gasteiger partial charge in [-0.3, -0.25) is 10.1 Å². The summed E-state index contributed by atoms with van der Waals surface area (Å²) in [7, 11) is 0. The Labute approximate surface area is 99.4 Å². The molecule has 1 aliphatic carbocycles. The Kier molecular flexibility index (Phi) is 1.91. The van der Waals surface area contributed by atoms with Gasteiger partial charge in [0.2, 0.25) is 0 Å². The molecule has 5 nitrogen and oxygen atoms in total. The van der Waals surface area contributed by atoms with Crippen molar-refractivity contribution in [2.24, 2.45) is 5.92 Å². The number of nitrogens with two attached hydrogens (primary N) is 1. The van der Waals surface area contributed by atoms with Gasteiger partial charge >= 0.3 is 0 Å². The maximum absolute atomic E-state index is 11.1. The van der Waals surface area contributed by atoms with E-state index in [0.29, 0.717) is 17.3 Å². The fraction of sp³-hybridized carbons (Fsp3) is 0.500. The third kappa shape index (κ3) is 1.38. The van der Waals surface area contributed by atoms with E-state index in [-0.39, 0.29) is 16.1 Å². The third-order valence-corrected chi connectivity index (χ3v) is 4.04. The minimum absolute atomic E-state index is 0.117. The van der Waals surface area contributed by atoms with Crippen LogP contribution in [0.4, 0.5) is 17.1 Å². The highest BCUT2D eigenvalue weighted by molar-refractivity contribution is 5.70. The molecule has 1 aromatic carbocycles. The van der Waals surface area contributed by atoms with Crippen LogP contribution in [0.1, 0.15) is 19.8 Å². The van der Waals surface area contributed by atoms with Gasteiger partial charge in [-0.05, 0) is 37.8 Å². The third-order valence-electron chi connectivity index (χ3n) is 4.04. The lowest BCUT2D eigenvalue weighted by Gasteiger charge is -2.39. The van der Waals surface area contributed by atoms with E-state index in [1.807, 2.05) is 0 Å². The lowest BCUT2D eigenvalue weighted by atomic mass is 9.75. The van der Waals surface area contributed by atoms with Crippen molar-refractivity contribution in [1.29, 1.82) is 0 Å². The maximum atomic E-state index is 11.1. The van der Waals surface area contributed by atoms with Crippen molar-refractivity contribution in [3.05, 3.63) is 28.3 Å². The van der Waals surface area contributed by atoms with E-state index in [0.717, 1.165) is 19.4 Å². The van der Waals surface area contributed by atoms with Crippen LogP contribution < -0.4 is 10.6 Å². The Balaban J connectivity index is 2.06. The van der Waals surface area contributed by atoms with Crippen LogP contribution in [0.3, 0.4) is 0 Å². The van der Waals surface area contributed by atoms with Crippen molar-refractivity contribution < 1.29 is 4.92 Å². The molecule has 5 heteroatoms. The number of hydrogen-bond donors (Lipinski definition) is 1. The Bertz CT molecular complexity index is 495. The lowest BCUT2D eigenvalue weighted by molar-refractivity contribution is -0.384. The first-order valence-corrected chi connectivity index (χ1v) is 5.81. The van der Waals surface area contributed by atoms with Gasteiger partial charge in [-0.15, -0.1) is 0 Å². The van der Waals surface area contributed by atoms with Crippen molar-refractivity contribution in [1.82, 2.24) is 0 Å². The number of nitrogens with zero attached hydrogens (tertiary/aromatic N) is 2. The summed E-state index contributed by atoms with van der Waals surface area (Å²) in [4.78, 5) is 12.9. The molecule has 2 aliphatic heterocycles. The van der Waals surface area contributed by atoms with E-state index >= 15 is 0 Å². The zero-order chi connectivity index (χ0) is 12.2. The van der Waals surface area contributed by atoms with E-state index in [4.69, 9.17) is 5.73 Å². The molecule has 0 unspecified atom stereocenters. The molecule has 4 rings (SSSR count). The van der Waals surface area contributed by atoms with Crippen LogP contribution in [0.2, 0.25) is 0 Å². The monoisotopic (exact) mass is 233 g/mol. The van der Waals surface area contributed by atoms with E-state index in [9.17, 15) is 10.1 Å². The molecule has 17 heavy (non-hydrogen) atoms. The summed E-state index contributed by atoms with van der Waals surface area (Å²) in [5.74, 6) is 0.706. The number of nitro benzene ring substituents is 1. The summed E-state index contributed by atoms with van der Waals surface area (Å²) in [6.45, 7) is 3.11. The molecule has 0 radical (unpaired) electrons. The minimum atomic E-state index is -0.342. The lowest BCUT2D eigenvalue weighted by Crippen LogP contribution is -2.42. The molecule has 0 atom stereocenters. The molecule has 3 fully saturated rings. The summed E-state index contributed by atoms with van der Waals surface area (Å²) in [6.07, 6.45) is 2.29. The van der Waals surface area contributed by atoms with Crippen molar-refractivity contribution in [3.8, 4) is 0 Å². The number of nitro groups is 1. The second-order valence-corrected chi connectivity index (χ2v) is 5.39. The second-order valence-electron chi connectivity index (χ2n) is 5.39. The average Bonchev–Trinajstić information content (AvgIpc) is 2.70. The molecular weight excluding hydrogens is 218 g/mol. The zero-order valence-electron chi connectivity index (χ0n) is 9.72. The van der Waals surface area contributed by atoms with Gasteiger partial charge in [0.1, 0.15) is 5.69 Å². The van der Waals surface area contributed by atoms with Gasteiger partial charge in [0.15, 0.2) is 0 Å². The molecular formula is C12H15N3O2. The van der Waals surface area contributed by atoms with Gasteiger partial charge in [-0.25, -0.2) is 0 Å². The molecule has 2 bridgehead atoms. The van der Waals surface area contributed by atoms with Crippen LogP contribution in [0.5, 0.6) is 0 Å². The molecule has 2 saturated heterocycles. The summed E-state index contributed by atoms with van der Waals surface area (Å²) >= 11 is 0. The van der Waals surface area contributed by atoms with Crippen LogP contribution in [0.15, 0.2) is 18.2 Å². The van der Waals surface area contributed by atoms with Gasteiger partial charge in [0.05, 0.1) is 4.92 Å². The molecule has 0 spiro atoms. The molecule has 3 aliphatic rings. The first kappa shape index (κ1) is 10.4.